The van der Waals surface area contributed by atoms with Gasteiger partial charge in [0.25, 0.3) is 0 Å². The Morgan fingerprint density at radius 2 is 2.11 bits per heavy atom. The summed E-state index contributed by atoms with van der Waals surface area (Å²) in [7, 11) is 0. The van der Waals surface area contributed by atoms with Crippen LogP contribution in [0.1, 0.15) is 36.8 Å². The maximum absolute atomic E-state index is 14.0. The smallest absolute Gasteiger partial charge is 0.149 e. The largest absolute Gasteiger partial charge is 0.309 e. The number of para-hydroxylation sites is 1. The van der Waals surface area contributed by atoms with Gasteiger partial charge in [-0.3, -0.25) is 0 Å². The summed E-state index contributed by atoms with van der Waals surface area (Å²) in [6.07, 6.45) is 0. The first kappa shape index (κ1) is 13.7. The normalized spacial score (nSPS) is 12.7. The molecule has 1 aromatic heterocycles. The molecule has 2 aromatic rings. The first-order valence-electron chi connectivity index (χ1n) is 6.47. The lowest BCUT2D eigenvalue weighted by molar-refractivity contribution is 0.579. The Bertz CT molecular complexity index is 557. The van der Waals surface area contributed by atoms with E-state index < -0.39 is 0 Å². The summed E-state index contributed by atoms with van der Waals surface area (Å²) in [6, 6.07) is 5.11. The molecule has 1 heterocycles. The van der Waals surface area contributed by atoms with Crippen molar-refractivity contribution in [1.82, 2.24) is 20.3 Å². The van der Waals surface area contributed by atoms with Gasteiger partial charge in [-0.05, 0) is 38.9 Å². The van der Waals surface area contributed by atoms with E-state index in [1.807, 2.05) is 33.8 Å². The molecule has 0 aliphatic heterocycles. The lowest BCUT2D eigenvalue weighted by Gasteiger charge is -2.11. The highest BCUT2D eigenvalue weighted by molar-refractivity contribution is 5.42. The van der Waals surface area contributed by atoms with Crippen molar-refractivity contribution in [3.63, 3.8) is 0 Å². The molecule has 1 aromatic carbocycles. The number of nitrogens with zero attached hydrogens (tertiary/aromatic N) is 3. The topological polar surface area (TPSA) is 42.7 Å². The molecule has 0 saturated carbocycles. The van der Waals surface area contributed by atoms with Crippen LogP contribution in [-0.4, -0.2) is 21.5 Å². The van der Waals surface area contributed by atoms with E-state index in [-0.39, 0.29) is 11.9 Å². The number of aryl methyl sites for hydroxylation is 1. The van der Waals surface area contributed by atoms with Crippen molar-refractivity contribution in [2.24, 2.45) is 0 Å². The van der Waals surface area contributed by atoms with Gasteiger partial charge in [0.05, 0.1) is 11.7 Å². The van der Waals surface area contributed by atoms with Gasteiger partial charge in [0.1, 0.15) is 17.2 Å². The SMILES string of the molecule is CCNC(C)c1nnn(-c2c(C)cccc2F)c1C. The number of nitrogens with one attached hydrogen (secondary N) is 1. The summed E-state index contributed by atoms with van der Waals surface area (Å²) in [6.45, 7) is 8.70. The summed E-state index contributed by atoms with van der Waals surface area (Å²) in [5, 5.41) is 11.6. The first-order valence-corrected chi connectivity index (χ1v) is 6.47. The molecule has 5 heteroatoms. The van der Waals surface area contributed by atoms with Gasteiger partial charge in [0.15, 0.2) is 0 Å². The third-order valence-electron chi connectivity index (χ3n) is 3.25. The second-order valence-electron chi connectivity index (χ2n) is 4.66. The first-order chi connectivity index (χ1) is 9.06. The summed E-state index contributed by atoms with van der Waals surface area (Å²) in [4.78, 5) is 0. The second kappa shape index (κ2) is 5.48. The van der Waals surface area contributed by atoms with Gasteiger partial charge in [-0.1, -0.05) is 24.3 Å². The standard InChI is InChI=1S/C14H19FN4/c1-5-16-10(3)13-11(4)19(18-17-13)14-9(2)7-6-8-12(14)15/h6-8,10,16H,5H2,1-4H3. The van der Waals surface area contributed by atoms with E-state index in [4.69, 9.17) is 0 Å². The number of halogens is 1. The highest BCUT2D eigenvalue weighted by atomic mass is 19.1. The summed E-state index contributed by atoms with van der Waals surface area (Å²) in [5.74, 6) is -0.282. The van der Waals surface area contributed by atoms with Gasteiger partial charge in [-0.25, -0.2) is 9.07 Å². The number of hydrogen-bond acceptors (Lipinski definition) is 3. The van der Waals surface area contributed by atoms with Crippen LogP contribution in [-0.2, 0) is 0 Å². The van der Waals surface area contributed by atoms with Crippen LogP contribution in [0.4, 0.5) is 4.39 Å². The Morgan fingerprint density at radius 3 is 2.74 bits per heavy atom. The zero-order chi connectivity index (χ0) is 14.0. The molecule has 0 spiro atoms. The molecule has 0 bridgehead atoms. The maximum Gasteiger partial charge on any atom is 0.149 e. The molecular formula is C14H19FN4. The zero-order valence-electron chi connectivity index (χ0n) is 11.7. The predicted octanol–water partition coefficient (Wildman–Crippen LogP) is 2.69. The summed E-state index contributed by atoms with van der Waals surface area (Å²) < 4.78 is 15.5. The fourth-order valence-electron chi connectivity index (χ4n) is 2.25. The lowest BCUT2D eigenvalue weighted by Crippen LogP contribution is -2.19. The Balaban J connectivity index is 2.48. The van der Waals surface area contributed by atoms with Gasteiger partial charge < -0.3 is 5.32 Å². The van der Waals surface area contributed by atoms with Crippen LogP contribution >= 0.6 is 0 Å². The van der Waals surface area contributed by atoms with Gasteiger partial charge in [0, 0.05) is 0 Å². The van der Waals surface area contributed by atoms with Gasteiger partial charge in [0.2, 0.25) is 0 Å². The molecule has 4 nitrogen and oxygen atoms in total. The zero-order valence-corrected chi connectivity index (χ0v) is 11.7. The van der Waals surface area contributed by atoms with E-state index in [0.29, 0.717) is 5.69 Å². The molecule has 2 rings (SSSR count). The van der Waals surface area contributed by atoms with Crippen molar-refractivity contribution >= 4 is 0 Å². The van der Waals surface area contributed by atoms with Crippen LogP contribution < -0.4 is 5.32 Å². The van der Waals surface area contributed by atoms with Crippen molar-refractivity contribution in [2.75, 3.05) is 6.54 Å². The fourth-order valence-corrected chi connectivity index (χ4v) is 2.25. The summed E-state index contributed by atoms with van der Waals surface area (Å²) in [5.41, 5.74) is 3.03. The van der Waals surface area contributed by atoms with Crippen molar-refractivity contribution in [3.05, 3.63) is 41.0 Å². The van der Waals surface area contributed by atoms with Crippen molar-refractivity contribution in [1.29, 1.82) is 0 Å². The predicted molar refractivity (Wildman–Crippen MR) is 72.9 cm³/mol. The van der Waals surface area contributed by atoms with Crippen LogP contribution in [0.5, 0.6) is 0 Å². The van der Waals surface area contributed by atoms with E-state index in [0.717, 1.165) is 23.5 Å². The van der Waals surface area contributed by atoms with Crippen molar-refractivity contribution in [2.45, 2.75) is 33.7 Å². The highest BCUT2D eigenvalue weighted by Gasteiger charge is 2.18. The lowest BCUT2D eigenvalue weighted by atomic mass is 10.1. The number of aromatic nitrogens is 3. The average Bonchev–Trinajstić information content (AvgIpc) is 2.72. The quantitative estimate of drug-likeness (QED) is 0.921. The Labute approximate surface area is 112 Å². The van der Waals surface area contributed by atoms with E-state index in [1.54, 1.807) is 10.7 Å². The van der Waals surface area contributed by atoms with E-state index in [2.05, 4.69) is 15.6 Å². The number of benzene rings is 1. The molecule has 1 unspecified atom stereocenters. The molecular weight excluding hydrogens is 243 g/mol. The van der Waals surface area contributed by atoms with Crippen LogP contribution in [0.3, 0.4) is 0 Å². The van der Waals surface area contributed by atoms with Crippen LogP contribution in [0.2, 0.25) is 0 Å². The molecule has 0 aliphatic rings. The van der Waals surface area contributed by atoms with Crippen LogP contribution in [0.25, 0.3) is 5.69 Å². The van der Waals surface area contributed by atoms with Crippen LogP contribution in [0.15, 0.2) is 18.2 Å². The third-order valence-corrected chi connectivity index (χ3v) is 3.25. The number of rotatable bonds is 4. The Hall–Kier alpha value is -1.75. The van der Waals surface area contributed by atoms with Gasteiger partial charge in [-0.2, -0.15) is 0 Å². The number of hydrogen-bond donors (Lipinski definition) is 1. The Kier molecular flexibility index (Phi) is 3.95. The molecule has 0 aliphatic carbocycles. The molecule has 1 atom stereocenters. The minimum absolute atomic E-state index is 0.103. The molecule has 1 N–H and O–H groups in total. The monoisotopic (exact) mass is 262 g/mol. The second-order valence-corrected chi connectivity index (χ2v) is 4.66. The van der Waals surface area contributed by atoms with E-state index >= 15 is 0 Å². The van der Waals surface area contributed by atoms with E-state index in [9.17, 15) is 4.39 Å². The molecule has 0 saturated heterocycles. The maximum atomic E-state index is 14.0. The van der Waals surface area contributed by atoms with Crippen molar-refractivity contribution < 1.29 is 4.39 Å². The fraction of sp³-hybridized carbons (Fsp3) is 0.429. The van der Waals surface area contributed by atoms with Crippen molar-refractivity contribution in [3.8, 4) is 5.69 Å². The Morgan fingerprint density at radius 1 is 1.37 bits per heavy atom. The molecule has 0 radical (unpaired) electrons. The minimum Gasteiger partial charge on any atom is -0.309 e. The summed E-state index contributed by atoms with van der Waals surface area (Å²) >= 11 is 0. The molecule has 0 fully saturated rings. The average molecular weight is 262 g/mol. The van der Waals surface area contributed by atoms with Gasteiger partial charge in [-0.15, -0.1) is 5.10 Å². The van der Waals surface area contributed by atoms with E-state index in [1.165, 1.54) is 6.07 Å². The minimum atomic E-state index is -0.282. The van der Waals surface area contributed by atoms with Crippen LogP contribution in [0, 0.1) is 19.7 Å². The van der Waals surface area contributed by atoms with Gasteiger partial charge >= 0.3 is 0 Å². The molecule has 102 valence electrons. The molecule has 19 heavy (non-hydrogen) atoms. The third kappa shape index (κ3) is 2.51. The highest BCUT2D eigenvalue weighted by Crippen LogP contribution is 2.22. The molecule has 0 amide bonds.